The minimum Gasteiger partial charge on any atom is -0.494 e. The maximum atomic E-state index is 11.0. The molecule has 0 spiro atoms. The predicted octanol–water partition coefficient (Wildman–Crippen LogP) is 4.40. The van der Waals surface area contributed by atoms with Crippen LogP contribution in [0.1, 0.15) is 19.8 Å². The van der Waals surface area contributed by atoms with Crippen molar-refractivity contribution in [2.75, 3.05) is 43.4 Å². The maximum absolute atomic E-state index is 11.0. The number of hydrogen-bond acceptors (Lipinski definition) is 7. The second-order valence-corrected chi connectivity index (χ2v) is 8.91. The van der Waals surface area contributed by atoms with Crippen molar-refractivity contribution < 1.29 is 9.53 Å². The highest BCUT2D eigenvalue weighted by Gasteiger charge is 2.17. The van der Waals surface area contributed by atoms with Crippen LogP contribution in [0.25, 0.3) is 33.4 Å². The summed E-state index contributed by atoms with van der Waals surface area (Å²) >= 11 is 0. The van der Waals surface area contributed by atoms with Gasteiger partial charge in [-0.25, -0.2) is 15.0 Å². The van der Waals surface area contributed by atoms with E-state index in [-0.39, 0.29) is 0 Å². The van der Waals surface area contributed by atoms with Crippen LogP contribution in [0.5, 0.6) is 5.75 Å². The van der Waals surface area contributed by atoms with E-state index in [2.05, 4.69) is 46.1 Å². The Morgan fingerprint density at radius 1 is 0.972 bits per heavy atom. The fourth-order valence-corrected chi connectivity index (χ4v) is 4.46. The van der Waals surface area contributed by atoms with Crippen molar-refractivity contribution in [3.8, 4) is 28.1 Å². The molecule has 184 valence electrons. The Bertz CT molecular complexity index is 1330. The first kappa shape index (κ1) is 23.5. The van der Waals surface area contributed by atoms with Crippen molar-refractivity contribution in [1.82, 2.24) is 19.9 Å². The summed E-state index contributed by atoms with van der Waals surface area (Å²) in [5.41, 5.74) is 11.7. The van der Waals surface area contributed by atoms with Gasteiger partial charge in [-0.05, 0) is 47.9 Å². The van der Waals surface area contributed by atoms with Crippen LogP contribution >= 0.6 is 0 Å². The summed E-state index contributed by atoms with van der Waals surface area (Å²) in [4.78, 5) is 28.5. The van der Waals surface area contributed by atoms with Crippen LogP contribution in [0, 0.1) is 0 Å². The normalized spacial score (nSPS) is 13.7. The van der Waals surface area contributed by atoms with Gasteiger partial charge in [-0.2, -0.15) is 0 Å². The molecule has 8 heteroatoms. The zero-order valence-corrected chi connectivity index (χ0v) is 20.4. The Labute approximate surface area is 210 Å². The van der Waals surface area contributed by atoms with Crippen LogP contribution in [0.15, 0.2) is 60.9 Å². The average Bonchev–Trinajstić information content (AvgIpc) is 2.93. The minimum atomic E-state index is 0.405. The van der Waals surface area contributed by atoms with Gasteiger partial charge in [-0.15, -0.1) is 0 Å². The second-order valence-electron chi connectivity index (χ2n) is 8.91. The summed E-state index contributed by atoms with van der Waals surface area (Å²) in [5, 5.41) is 0.741. The van der Waals surface area contributed by atoms with Gasteiger partial charge in [-0.3, -0.25) is 4.79 Å². The van der Waals surface area contributed by atoms with E-state index in [0.29, 0.717) is 18.1 Å². The highest BCUT2D eigenvalue weighted by atomic mass is 16.5. The Morgan fingerprint density at radius 3 is 2.39 bits per heavy atom. The fraction of sp³-hybridized carbons (Fsp3) is 0.286. The van der Waals surface area contributed by atoms with Crippen molar-refractivity contribution >= 4 is 28.9 Å². The van der Waals surface area contributed by atoms with Gasteiger partial charge in [0.25, 0.3) is 0 Å². The molecular formula is C28H30N6O2. The van der Waals surface area contributed by atoms with Gasteiger partial charge >= 0.3 is 0 Å². The van der Waals surface area contributed by atoms with Gasteiger partial charge in [0, 0.05) is 37.4 Å². The van der Waals surface area contributed by atoms with E-state index in [1.54, 1.807) is 0 Å². The summed E-state index contributed by atoms with van der Waals surface area (Å²) in [5.74, 6) is 1.25. The molecule has 3 heterocycles. The predicted molar refractivity (Wildman–Crippen MR) is 143 cm³/mol. The molecule has 2 aromatic carbocycles. The molecule has 2 N–H and O–H groups in total. The zero-order chi connectivity index (χ0) is 24.9. The number of fused-ring (bicyclic) bond motifs is 1. The Balaban J connectivity index is 1.46. The van der Waals surface area contributed by atoms with Crippen molar-refractivity contribution in [2.45, 2.75) is 19.8 Å². The maximum Gasteiger partial charge on any atom is 0.209 e. The van der Waals surface area contributed by atoms with E-state index in [4.69, 9.17) is 15.5 Å². The number of pyridine rings is 1. The molecule has 1 aliphatic heterocycles. The summed E-state index contributed by atoms with van der Waals surface area (Å²) in [6.45, 7) is 5.99. The monoisotopic (exact) mass is 482 g/mol. The number of nitrogens with two attached hydrogens (primary N) is 1. The molecule has 5 rings (SSSR count). The number of hydrogen-bond donors (Lipinski definition) is 1. The molecule has 0 atom stereocenters. The van der Waals surface area contributed by atoms with E-state index >= 15 is 0 Å². The van der Waals surface area contributed by atoms with Crippen molar-refractivity contribution in [3.05, 3.63) is 60.9 Å². The number of ether oxygens (including phenoxy) is 1. The molecule has 2 aromatic heterocycles. The highest BCUT2D eigenvalue weighted by molar-refractivity contribution is 6.01. The van der Waals surface area contributed by atoms with E-state index < -0.39 is 0 Å². The number of carbonyl (C=O) groups excluding carboxylic acids is 1. The molecule has 1 fully saturated rings. The van der Waals surface area contributed by atoms with Crippen LogP contribution < -0.4 is 15.4 Å². The van der Waals surface area contributed by atoms with Crippen LogP contribution in [-0.2, 0) is 4.79 Å². The molecule has 8 nitrogen and oxygen atoms in total. The smallest absolute Gasteiger partial charge is 0.209 e. The van der Waals surface area contributed by atoms with Crippen LogP contribution in [0.2, 0.25) is 0 Å². The first-order valence-electron chi connectivity index (χ1n) is 12.4. The average molecular weight is 483 g/mol. The zero-order valence-electron chi connectivity index (χ0n) is 20.4. The molecule has 1 aliphatic rings. The molecule has 0 saturated carbocycles. The van der Waals surface area contributed by atoms with E-state index in [9.17, 15) is 4.79 Å². The number of unbranched alkanes of at least 4 members (excludes halogenated alkanes) is 1. The lowest BCUT2D eigenvalue weighted by Gasteiger charge is -2.34. The van der Waals surface area contributed by atoms with Gasteiger partial charge < -0.3 is 20.3 Å². The first-order chi connectivity index (χ1) is 17.7. The number of carbonyl (C=O) groups is 1. The van der Waals surface area contributed by atoms with Crippen LogP contribution in [0.4, 0.5) is 11.5 Å². The largest absolute Gasteiger partial charge is 0.494 e. The number of rotatable bonds is 8. The second kappa shape index (κ2) is 10.6. The third kappa shape index (κ3) is 4.93. The molecule has 4 aromatic rings. The van der Waals surface area contributed by atoms with Crippen molar-refractivity contribution in [3.63, 3.8) is 0 Å². The number of nitrogen functional groups attached to an aromatic ring is 1. The molecule has 0 unspecified atom stereocenters. The number of anilines is 2. The number of aromatic nitrogens is 3. The summed E-state index contributed by atoms with van der Waals surface area (Å²) in [6, 6.07) is 18.5. The van der Waals surface area contributed by atoms with E-state index in [1.807, 2.05) is 35.2 Å². The van der Waals surface area contributed by atoms with E-state index in [1.165, 1.54) is 6.33 Å². The number of benzene rings is 2. The molecular weight excluding hydrogens is 452 g/mol. The lowest BCUT2D eigenvalue weighted by Crippen LogP contribution is -2.45. The molecule has 36 heavy (non-hydrogen) atoms. The number of piperazine rings is 1. The Hall–Kier alpha value is -4.20. The van der Waals surface area contributed by atoms with Gasteiger partial charge in [0.15, 0.2) is 5.65 Å². The molecule has 0 bridgehead atoms. The van der Waals surface area contributed by atoms with E-state index in [0.717, 1.165) is 84.6 Å². The quantitative estimate of drug-likeness (QED) is 0.294. The van der Waals surface area contributed by atoms with Crippen LogP contribution in [0.3, 0.4) is 0 Å². The highest BCUT2D eigenvalue weighted by Crippen LogP contribution is 2.35. The standard InChI is InChI=1S/C28H30N6O2/c1-2-3-16-36-23-10-6-20(7-11-23)24-17-25(32-28-26(24)27(29)30-18-31-28)21-4-8-22(9-5-21)34-14-12-33(19-35)13-15-34/h4-11,17-19H,2-3,12-16H2,1H3,(H2,29,30,31,32). The fourth-order valence-electron chi connectivity index (χ4n) is 4.46. The molecule has 0 aliphatic carbocycles. The Kier molecular flexibility index (Phi) is 6.93. The third-order valence-corrected chi connectivity index (χ3v) is 6.56. The summed E-state index contributed by atoms with van der Waals surface area (Å²) in [7, 11) is 0. The Morgan fingerprint density at radius 2 is 1.69 bits per heavy atom. The topological polar surface area (TPSA) is 97.5 Å². The van der Waals surface area contributed by atoms with Gasteiger partial charge in [-0.1, -0.05) is 37.6 Å². The first-order valence-corrected chi connectivity index (χ1v) is 12.4. The summed E-state index contributed by atoms with van der Waals surface area (Å²) in [6.07, 6.45) is 4.50. The SMILES string of the molecule is CCCCOc1ccc(-c2cc(-c3ccc(N4CCN(C=O)CC4)cc3)nc3ncnc(N)c23)cc1. The molecule has 1 saturated heterocycles. The lowest BCUT2D eigenvalue weighted by atomic mass is 9.99. The summed E-state index contributed by atoms with van der Waals surface area (Å²) < 4.78 is 5.83. The third-order valence-electron chi connectivity index (χ3n) is 6.56. The van der Waals surface area contributed by atoms with Gasteiger partial charge in [0.05, 0.1) is 17.7 Å². The minimum absolute atomic E-state index is 0.405. The lowest BCUT2D eigenvalue weighted by molar-refractivity contribution is -0.118. The number of nitrogens with zero attached hydrogens (tertiary/aromatic N) is 5. The molecule has 1 amide bonds. The van der Waals surface area contributed by atoms with Gasteiger partial charge in [0.1, 0.15) is 17.9 Å². The van der Waals surface area contributed by atoms with Gasteiger partial charge in [0.2, 0.25) is 6.41 Å². The van der Waals surface area contributed by atoms with Crippen molar-refractivity contribution in [1.29, 1.82) is 0 Å². The van der Waals surface area contributed by atoms with Crippen LogP contribution in [-0.4, -0.2) is 59.0 Å². The number of amides is 1. The molecule has 0 radical (unpaired) electrons. The van der Waals surface area contributed by atoms with Crippen molar-refractivity contribution in [2.24, 2.45) is 0 Å².